The average molecular weight is 279 g/mol. The first-order valence-corrected chi connectivity index (χ1v) is 6.72. The first kappa shape index (κ1) is 14.3. The van der Waals surface area contributed by atoms with E-state index in [1.165, 1.54) is 24.6 Å². The number of carbonyl (C=O) groups is 1. The molecule has 0 aromatic heterocycles. The predicted molar refractivity (Wildman–Crippen MR) is 72.1 cm³/mol. The SMILES string of the molecule is O=C(O)c1ccc([N+](=O)[O-])cc1OCC1CCCCC1. The predicted octanol–water partition coefficient (Wildman–Crippen LogP) is 3.25. The van der Waals surface area contributed by atoms with Crippen LogP contribution in [0.5, 0.6) is 5.75 Å². The minimum absolute atomic E-state index is 0.0357. The minimum Gasteiger partial charge on any atom is -0.492 e. The summed E-state index contributed by atoms with van der Waals surface area (Å²) in [5.74, 6) is -0.652. The van der Waals surface area contributed by atoms with Crippen molar-refractivity contribution in [2.75, 3.05) is 6.61 Å². The van der Waals surface area contributed by atoms with Crippen molar-refractivity contribution in [1.29, 1.82) is 0 Å². The first-order chi connectivity index (χ1) is 9.58. The summed E-state index contributed by atoms with van der Waals surface area (Å²) in [4.78, 5) is 21.3. The number of non-ortho nitro benzene ring substituents is 1. The van der Waals surface area contributed by atoms with E-state index in [9.17, 15) is 14.9 Å². The van der Waals surface area contributed by atoms with Crippen LogP contribution in [0.1, 0.15) is 42.5 Å². The maximum atomic E-state index is 11.1. The molecule has 0 bridgehead atoms. The highest BCUT2D eigenvalue weighted by molar-refractivity contribution is 5.91. The molecule has 0 atom stereocenters. The molecule has 1 saturated carbocycles. The number of nitro groups is 1. The van der Waals surface area contributed by atoms with Crippen LogP contribution in [0.15, 0.2) is 18.2 Å². The second-order valence-corrected chi connectivity index (χ2v) is 5.06. The van der Waals surface area contributed by atoms with Crippen LogP contribution < -0.4 is 4.74 Å². The fourth-order valence-electron chi connectivity index (χ4n) is 2.48. The van der Waals surface area contributed by atoms with Gasteiger partial charge in [0.25, 0.3) is 5.69 Å². The summed E-state index contributed by atoms with van der Waals surface area (Å²) >= 11 is 0. The lowest BCUT2D eigenvalue weighted by atomic mass is 9.90. The van der Waals surface area contributed by atoms with Gasteiger partial charge < -0.3 is 9.84 Å². The number of nitro benzene ring substituents is 1. The molecule has 1 fully saturated rings. The van der Waals surface area contributed by atoms with Crippen LogP contribution in [-0.2, 0) is 0 Å². The molecule has 1 aliphatic carbocycles. The highest BCUT2D eigenvalue weighted by atomic mass is 16.6. The molecule has 0 aliphatic heterocycles. The Labute approximate surface area is 116 Å². The van der Waals surface area contributed by atoms with Crippen molar-refractivity contribution in [2.24, 2.45) is 5.92 Å². The van der Waals surface area contributed by atoms with Gasteiger partial charge in [-0.2, -0.15) is 0 Å². The van der Waals surface area contributed by atoms with E-state index in [2.05, 4.69) is 0 Å². The zero-order chi connectivity index (χ0) is 14.5. The van der Waals surface area contributed by atoms with Crippen molar-refractivity contribution in [3.63, 3.8) is 0 Å². The van der Waals surface area contributed by atoms with Crippen LogP contribution in [0.25, 0.3) is 0 Å². The molecule has 0 radical (unpaired) electrons. The molecule has 6 heteroatoms. The van der Waals surface area contributed by atoms with Gasteiger partial charge in [-0.05, 0) is 24.8 Å². The quantitative estimate of drug-likeness (QED) is 0.660. The van der Waals surface area contributed by atoms with Crippen LogP contribution in [0.4, 0.5) is 5.69 Å². The molecule has 0 unspecified atom stereocenters. The van der Waals surface area contributed by atoms with Crippen molar-refractivity contribution in [3.05, 3.63) is 33.9 Å². The van der Waals surface area contributed by atoms with E-state index < -0.39 is 10.9 Å². The van der Waals surface area contributed by atoms with Gasteiger partial charge in [-0.15, -0.1) is 0 Å². The number of carboxylic acid groups (broad SMARTS) is 1. The molecule has 0 amide bonds. The maximum absolute atomic E-state index is 11.1. The number of hydrogen-bond donors (Lipinski definition) is 1. The Morgan fingerprint density at radius 1 is 1.35 bits per heavy atom. The van der Waals surface area contributed by atoms with Crippen LogP contribution in [0, 0.1) is 16.0 Å². The Morgan fingerprint density at radius 2 is 2.05 bits per heavy atom. The van der Waals surface area contributed by atoms with Gasteiger partial charge >= 0.3 is 5.97 Å². The molecule has 0 spiro atoms. The minimum atomic E-state index is -1.14. The highest BCUT2D eigenvalue weighted by Gasteiger charge is 2.19. The smallest absolute Gasteiger partial charge is 0.339 e. The summed E-state index contributed by atoms with van der Waals surface area (Å²) in [5, 5.41) is 19.8. The van der Waals surface area contributed by atoms with Crippen molar-refractivity contribution in [1.82, 2.24) is 0 Å². The Morgan fingerprint density at radius 3 is 2.65 bits per heavy atom. The fraction of sp³-hybridized carbons (Fsp3) is 0.500. The number of rotatable bonds is 5. The third-order valence-electron chi connectivity index (χ3n) is 3.61. The number of benzene rings is 1. The van der Waals surface area contributed by atoms with Gasteiger partial charge in [-0.1, -0.05) is 19.3 Å². The summed E-state index contributed by atoms with van der Waals surface area (Å²) in [7, 11) is 0. The van der Waals surface area contributed by atoms with Gasteiger partial charge in [-0.25, -0.2) is 4.79 Å². The lowest BCUT2D eigenvalue weighted by Crippen LogP contribution is -2.16. The molecular weight excluding hydrogens is 262 g/mol. The molecule has 0 saturated heterocycles. The molecule has 1 aliphatic rings. The van der Waals surface area contributed by atoms with E-state index in [4.69, 9.17) is 9.84 Å². The summed E-state index contributed by atoms with van der Waals surface area (Å²) in [6.45, 7) is 0.418. The van der Waals surface area contributed by atoms with E-state index in [0.29, 0.717) is 12.5 Å². The Balaban J connectivity index is 2.12. The normalized spacial score (nSPS) is 15.8. The van der Waals surface area contributed by atoms with Crippen molar-refractivity contribution in [2.45, 2.75) is 32.1 Å². The molecule has 1 aromatic carbocycles. The standard InChI is InChI=1S/C14H17NO5/c16-14(17)12-7-6-11(15(18)19)8-13(12)20-9-10-4-2-1-3-5-10/h6-8,10H,1-5,9H2,(H,16,17). The zero-order valence-electron chi connectivity index (χ0n) is 11.1. The first-order valence-electron chi connectivity index (χ1n) is 6.72. The second kappa shape index (κ2) is 6.36. The van der Waals surface area contributed by atoms with Crippen molar-refractivity contribution in [3.8, 4) is 5.75 Å². The lowest BCUT2D eigenvalue weighted by molar-refractivity contribution is -0.384. The monoisotopic (exact) mass is 279 g/mol. The summed E-state index contributed by atoms with van der Waals surface area (Å²) < 4.78 is 5.54. The Hall–Kier alpha value is -2.11. The van der Waals surface area contributed by atoms with E-state index in [1.807, 2.05) is 0 Å². The average Bonchev–Trinajstić information content (AvgIpc) is 2.45. The zero-order valence-corrected chi connectivity index (χ0v) is 11.1. The van der Waals surface area contributed by atoms with E-state index >= 15 is 0 Å². The number of aromatic carboxylic acids is 1. The maximum Gasteiger partial charge on any atom is 0.339 e. The summed E-state index contributed by atoms with van der Waals surface area (Å²) in [6.07, 6.45) is 5.69. The molecule has 1 N–H and O–H groups in total. The summed E-state index contributed by atoms with van der Waals surface area (Å²) in [6, 6.07) is 3.58. The third-order valence-corrected chi connectivity index (χ3v) is 3.61. The van der Waals surface area contributed by atoms with Gasteiger partial charge in [0.05, 0.1) is 17.6 Å². The molecular formula is C14H17NO5. The van der Waals surface area contributed by atoms with Crippen LogP contribution in [0.2, 0.25) is 0 Å². The number of nitrogens with zero attached hydrogens (tertiary/aromatic N) is 1. The van der Waals surface area contributed by atoms with Gasteiger partial charge in [0.2, 0.25) is 0 Å². The van der Waals surface area contributed by atoms with E-state index in [1.54, 1.807) is 0 Å². The molecule has 108 valence electrons. The van der Waals surface area contributed by atoms with Crippen LogP contribution in [0.3, 0.4) is 0 Å². The van der Waals surface area contributed by atoms with E-state index in [0.717, 1.165) is 25.7 Å². The largest absolute Gasteiger partial charge is 0.492 e. The molecule has 2 rings (SSSR count). The van der Waals surface area contributed by atoms with Gasteiger partial charge in [0.15, 0.2) is 0 Å². The number of ether oxygens (including phenoxy) is 1. The van der Waals surface area contributed by atoms with Crippen molar-refractivity contribution < 1.29 is 19.6 Å². The fourth-order valence-corrected chi connectivity index (χ4v) is 2.48. The van der Waals surface area contributed by atoms with Gasteiger partial charge in [0, 0.05) is 6.07 Å². The van der Waals surface area contributed by atoms with Gasteiger partial charge in [0.1, 0.15) is 11.3 Å². The number of hydrogen-bond acceptors (Lipinski definition) is 4. The topological polar surface area (TPSA) is 89.7 Å². The summed E-state index contributed by atoms with van der Waals surface area (Å²) in [5.41, 5.74) is -0.194. The van der Waals surface area contributed by atoms with E-state index in [-0.39, 0.29) is 17.0 Å². The molecule has 0 heterocycles. The Kier molecular flexibility index (Phi) is 4.55. The molecule has 1 aromatic rings. The lowest BCUT2D eigenvalue weighted by Gasteiger charge is -2.22. The van der Waals surface area contributed by atoms with Gasteiger partial charge in [-0.3, -0.25) is 10.1 Å². The van der Waals surface area contributed by atoms with Crippen LogP contribution >= 0.6 is 0 Å². The third kappa shape index (κ3) is 3.46. The second-order valence-electron chi connectivity index (χ2n) is 5.06. The highest BCUT2D eigenvalue weighted by Crippen LogP contribution is 2.28. The Bertz CT molecular complexity index is 508. The molecule has 6 nitrogen and oxygen atoms in total. The number of carboxylic acids is 1. The molecule has 20 heavy (non-hydrogen) atoms. The van der Waals surface area contributed by atoms with Crippen molar-refractivity contribution >= 4 is 11.7 Å². The van der Waals surface area contributed by atoms with Crippen LogP contribution in [-0.4, -0.2) is 22.6 Å².